The van der Waals surface area contributed by atoms with Crippen LogP contribution < -0.4 is 4.72 Å². The van der Waals surface area contributed by atoms with E-state index in [4.69, 9.17) is 0 Å². The van der Waals surface area contributed by atoms with E-state index >= 15 is 0 Å². The number of halogens is 3. The van der Waals surface area contributed by atoms with Crippen molar-refractivity contribution < 1.29 is 17.2 Å². The fourth-order valence-corrected chi connectivity index (χ4v) is 3.09. The van der Waals surface area contributed by atoms with Crippen LogP contribution in [0.25, 0.3) is 0 Å². The van der Waals surface area contributed by atoms with Crippen LogP contribution in [0.3, 0.4) is 0 Å². The summed E-state index contributed by atoms with van der Waals surface area (Å²) < 4.78 is 53.2. The van der Waals surface area contributed by atoms with Crippen molar-refractivity contribution in [1.29, 1.82) is 0 Å². The van der Waals surface area contributed by atoms with E-state index in [1.165, 1.54) is 18.2 Å². The normalized spacial score (nSPS) is 11.3. The molecule has 0 unspecified atom stereocenters. The Balaban J connectivity index is 2.42. The Morgan fingerprint density at radius 2 is 1.58 bits per heavy atom. The number of para-hydroxylation sites is 1. The highest BCUT2D eigenvalue weighted by Crippen LogP contribution is 2.23. The summed E-state index contributed by atoms with van der Waals surface area (Å²) in [6.07, 6.45) is 0. The van der Waals surface area contributed by atoms with E-state index < -0.39 is 27.3 Å². The van der Waals surface area contributed by atoms with Crippen LogP contribution in [0, 0.1) is 11.6 Å². The van der Waals surface area contributed by atoms with Gasteiger partial charge in [0.2, 0.25) is 0 Å². The summed E-state index contributed by atoms with van der Waals surface area (Å²) >= 11 is 3.13. The van der Waals surface area contributed by atoms with Gasteiger partial charge in [-0.05, 0) is 30.3 Å². The van der Waals surface area contributed by atoms with Crippen LogP contribution in [-0.2, 0) is 10.0 Å². The Labute approximate surface area is 117 Å². The predicted molar refractivity (Wildman–Crippen MR) is 71.3 cm³/mol. The molecule has 100 valence electrons. The Morgan fingerprint density at radius 1 is 1.00 bits per heavy atom. The number of nitrogens with one attached hydrogen (secondary N) is 1. The van der Waals surface area contributed by atoms with E-state index in [0.29, 0.717) is 4.47 Å². The van der Waals surface area contributed by atoms with Gasteiger partial charge in [0.25, 0.3) is 10.0 Å². The molecule has 0 fully saturated rings. The van der Waals surface area contributed by atoms with Crippen molar-refractivity contribution in [2.45, 2.75) is 4.90 Å². The van der Waals surface area contributed by atoms with Gasteiger partial charge in [-0.15, -0.1) is 0 Å². The van der Waals surface area contributed by atoms with Gasteiger partial charge in [0, 0.05) is 4.47 Å². The van der Waals surface area contributed by atoms with Gasteiger partial charge in [-0.2, -0.15) is 0 Å². The first-order chi connectivity index (χ1) is 8.90. The predicted octanol–water partition coefficient (Wildman–Crippen LogP) is 3.53. The fourth-order valence-electron chi connectivity index (χ4n) is 1.42. The Morgan fingerprint density at radius 3 is 2.16 bits per heavy atom. The van der Waals surface area contributed by atoms with Gasteiger partial charge in [-0.1, -0.05) is 28.1 Å². The van der Waals surface area contributed by atoms with Crippen molar-refractivity contribution in [2.24, 2.45) is 0 Å². The summed E-state index contributed by atoms with van der Waals surface area (Å²) in [5, 5.41) is 0. The van der Waals surface area contributed by atoms with Crippen LogP contribution in [0.1, 0.15) is 0 Å². The number of benzene rings is 2. The number of hydrogen-bond acceptors (Lipinski definition) is 2. The van der Waals surface area contributed by atoms with Crippen LogP contribution >= 0.6 is 15.9 Å². The maximum absolute atomic E-state index is 13.4. The quantitative estimate of drug-likeness (QED) is 0.923. The molecule has 0 saturated heterocycles. The minimum absolute atomic E-state index is 0.0930. The lowest BCUT2D eigenvalue weighted by molar-refractivity contribution is 0.583. The van der Waals surface area contributed by atoms with Gasteiger partial charge >= 0.3 is 0 Å². The molecular formula is C12H8BrF2NO2S. The van der Waals surface area contributed by atoms with Gasteiger partial charge < -0.3 is 0 Å². The summed E-state index contributed by atoms with van der Waals surface area (Å²) in [5.41, 5.74) is -0.692. The van der Waals surface area contributed by atoms with E-state index in [1.54, 1.807) is 6.07 Å². The number of sulfonamides is 1. The lowest BCUT2D eigenvalue weighted by Crippen LogP contribution is -2.15. The van der Waals surface area contributed by atoms with Gasteiger partial charge in [-0.25, -0.2) is 17.2 Å². The third-order valence-electron chi connectivity index (χ3n) is 2.31. The van der Waals surface area contributed by atoms with E-state index in [1.807, 2.05) is 4.72 Å². The molecule has 0 aliphatic carbocycles. The smallest absolute Gasteiger partial charge is 0.262 e. The highest BCUT2D eigenvalue weighted by molar-refractivity contribution is 9.10. The van der Waals surface area contributed by atoms with E-state index in [0.717, 1.165) is 18.2 Å². The second-order valence-electron chi connectivity index (χ2n) is 3.66. The lowest BCUT2D eigenvalue weighted by atomic mass is 10.3. The standard InChI is InChI=1S/C12H8BrF2NO2S/c13-8-3-1-4-9(7-8)19(17,18)16-12-10(14)5-2-6-11(12)15/h1-7,16H. The highest BCUT2D eigenvalue weighted by atomic mass is 79.9. The molecule has 1 N–H and O–H groups in total. The first-order valence-electron chi connectivity index (χ1n) is 5.12. The largest absolute Gasteiger partial charge is 0.274 e. The summed E-state index contributed by atoms with van der Waals surface area (Å²) in [4.78, 5) is -0.0930. The van der Waals surface area contributed by atoms with Crippen LogP contribution in [-0.4, -0.2) is 8.42 Å². The van der Waals surface area contributed by atoms with Crippen LogP contribution in [0.4, 0.5) is 14.5 Å². The molecule has 2 aromatic carbocycles. The van der Waals surface area contributed by atoms with Gasteiger partial charge in [-0.3, -0.25) is 4.72 Å². The number of rotatable bonds is 3. The first-order valence-corrected chi connectivity index (χ1v) is 7.40. The Kier molecular flexibility index (Phi) is 3.86. The summed E-state index contributed by atoms with van der Waals surface area (Å²) in [6.45, 7) is 0. The molecular weight excluding hydrogens is 340 g/mol. The maximum Gasteiger partial charge on any atom is 0.262 e. The van der Waals surface area contributed by atoms with Gasteiger partial charge in [0.1, 0.15) is 17.3 Å². The molecule has 0 radical (unpaired) electrons. The molecule has 3 nitrogen and oxygen atoms in total. The molecule has 0 saturated carbocycles. The average molecular weight is 348 g/mol. The molecule has 0 aromatic heterocycles. The van der Waals surface area contributed by atoms with Crippen LogP contribution in [0.15, 0.2) is 51.8 Å². The van der Waals surface area contributed by atoms with Crippen LogP contribution in [0.2, 0.25) is 0 Å². The molecule has 0 atom stereocenters. The molecule has 0 amide bonds. The first kappa shape index (κ1) is 14.0. The zero-order chi connectivity index (χ0) is 14.0. The molecule has 2 rings (SSSR count). The molecule has 19 heavy (non-hydrogen) atoms. The molecule has 2 aromatic rings. The highest BCUT2D eigenvalue weighted by Gasteiger charge is 2.19. The molecule has 0 aliphatic rings. The van der Waals surface area contributed by atoms with Crippen molar-refractivity contribution >= 4 is 31.6 Å². The summed E-state index contributed by atoms with van der Waals surface area (Å²) in [5.74, 6) is -1.95. The fraction of sp³-hybridized carbons (Fsp3) is 0. The Bertz CT molecular complexity index is 699. The van der Waals surface area contributed by atoms with Crippen molar-refractivity contribution in [3.63, 3.8) is 0 Å². The summed E-state index contributed by atoms with van der Waals surface area (Å²) in [6, 6.07) is 8.91. The number of anilines is 1. The van der Waals surface area contributed by atoms with Crippen LogP contribution in [0.5, 0.6) is 0 Å². The van der Waals surface area contributed by atoms with Gasteiger partial charge in [0.05, 0.1) is 4.90 Å². The maximum atomic E-state index is 13.4. The zero-order valence-electron chi connectivity index (χ0n) is 9.40. The van der Waals surface area contributed by atoms with E-state index in [2.05, 4.69) is 15.9 Å². The molecule has 0 spiro atoms. The molecule has 7 heteroatoms. The van der Waals surface area contributed by atoms with Crippen molar-refractivity contribution in [3.8, 4) is 0 Å². The average Bonchev–Trinajstić information content (AvgIpc) is 2.34. The second kappa shape index (κ2) is 5.26. The van der Waals surface area contributed by atoms with E-state index in [9.17, 15) is 17.2 Å². The molecule has 0 bridgehead atoms. The minimum Gasteiger partial charge on any atom is -0.274 e. The minimum atomic E-state index is -4.04. The lowest BCUT2D eigenvalue weighted by Gasteiger charge is -2.09. The third kappa shape index (κ3) is 3.10. The monoisotopic (exact) mass is 347 g/mol. The Hall–Kier alpha value is -1.47. The summed E-state index contributed by atoms with van der Waals surface area (Å²) in [7, 11) is -4.04. The topological polar surface area (TPSA) is 46.2 Å². The molecule has 0 aliphatic heterocycles. The van der Waals surface area contributed by atoms with Crippen molar-refractivity contribution in [1.82, 2.24) is 0 Å². The van der Waals surface area contributed by atoms with Crippen molar-refractivity contribution in [2.75, 3.05) is 4.72 Å². The zero-order valence-corrected chi connectivity index (χ0v) is 11.8. The van der Waals surface area contributed by atoms with Crippen molar-refractivity contribution in [3.05, 3.63) is 58.6 Å². The SMILES string of the molecule is O=S(=O)(Nc1c(F)cccc1F)c1cccc(Br)c1. The molecule has 0 heterocycles. The van der Waals surface area contributed by atoms with E-state index in [-0.39, 0.29) is 4.90 Å². The number of hydrogen-bond donors (Lipinski definition) is 1. The van der Waals surface area contributed by atoms with Gasteiger partial charge in [0.15, 0.2) is 0 Å². The third-order valence-corrected chi connectivity index (χ3v) is 4.15. The second-order valence-corrected chi connectivity index (χ2v) is 6.26.